The summed E-state index contributed by atoms with van der Waals surface area (Å²) in [6.45, 7) is 3.70. The van der Waals surface area contributed by atoms with E-state index in [2.05, 4.69) is 0 Å². The zero-order valence-corrected chi connectivity index (χ0v) is 9.61. The Balaban J connectivity index is 2.87. The molecule has 0 aliphatic heterocycles. The Morgan fingerprint density at radius 1 is 1.29 bits per heavy atom. The highest BCUT2D eigenvalue weighted by molar-refractivity contribution is 5.89. The van der Waals surface area contributed by atoms with Gasteiger partial charge in [-0.3, -0.25) is 4.79 Å². The first-order valence-electron chi connectivity index (χ1n) is 5.24. The second kappa shape index (κ2) is 4.05. The lowest BCUT2D eigenvalue weighted by Crippen LogP contribution is -2.07. The van der Waals surface area contributed by atoms with Gasteiger partial charge in [-0.1, -0.05) is 12.1 Å². The smallest absolute Gasteiger partial charge is 0.336 e. The lowest BCUT2D eigenvalue weighted by Gasteiger charge is -2.08. The summed E-state index contributed by atoms with van der Waals surface area (Å²) < 4.78 is 5.15. The van der Waals surface area contributed by atoms with Gasteiger partial charge in [0, 0.05) is 11.5 Å². The molecule has 1 aromatic carbocycles. The number of hydrogen-bond acceptors (Lipinski definition) is 3. The van der Waals surface area contributed by atoms with Gasteiger partial charge in [0.25, 0.3) is 0 Å². The van der Waals surface area contributed by atoms with E-state index in [1.807, 2.05) is 26.0 Å². The predicted octanol–water partition coefficient (Wildman–Crippen LogP) is 2.04. The Kier molecular flexibility index (Phi) is 2.71. The van der Waals surface area contributed by atoms with Crippen LogP contribution in [0.1, 0.15) is 16.7 Å². The van der Waals surface area contributed by atoms with Gasteiger partial charge in [0.2, 0.25) is 0 Å². The largest absolute Gasteiger partial charge is 0.481 e. The molecule has 1 N–H and O–H groups in total. The Bertz CT molecular complexity index is 652. The van der Waals surface area contributed by atoms with Crippen LogP contribution in [0.25, 0.3) is 11.0 Å². The molecule has 0 unspecified atom stereocenters. The van der Waals surface area contributed by atoms with Crippen molar-refractivity contribution in [1.29, 1.82) is 0 Å². The highest BCUT2D eigenvalue weighted by Gasteiger charge is 2.12. The molecule has 0 saturated heterocycles. The van der Waals surface area contributed by atoms with Crippen LogP contribution in [-0.2, 0) is 11.2 Å². The summed E-state index contributed by atoms with van der Waals surface area (Å²) in [5.74, 6) is -0.960. The van der Waals surface area contributed by atoms with Crippen LogP contribution in [-0.4, -0.2) is 11.1 Å². The first-order valence-corrected chi connectivity index (χ1v) is 5.24. The molecule has 4 heteroatoms. The number of carbonyl (C=O) groups is 1. The van der Waals surface area contributed by atoms with Crippen molar-refractivity contribution < 1.29 is 14.3 Å². The van der Waals surface area contributed by atoms with Crippen molar-refractivity contribution in [2.75, 3.05) is 0 Å². The summed E-state index contributed by atoms with van der Waals surface area (Å²) in [5.41, 5.74) is 2.21. The van der Waals surface area contributed by atoms with Gasteiger partial charge in [-0.05, 0) is 30.5 Å². The van der Waals surface area contributed by atoms with E-state index >= 15 is 0 Å². The third-order valence-electron chi connectivity index (χ3n) is 2.72. The van der Waals surface area contributed by atoms with E-state index in [9.17, 15) is 9.59 Å². The fourth-order valence-electron chi connectivity index (χ4n) is 1.96. The molecular weight excluding hydrogens is 220 g/mol. The summed E-state index contributed by atoms with van der Waals surface area (Å²) in [5, 5.41) is 9.57. The summed E-state index contributed by atoms with van der Waals surface area (Å²) in [6, 6.07) is 5.00. The van der Waals surface area contributed by atoms with E-state index in [0.717, 1.165) is 16.5 Å². The molecule has 0 atom stereocenters. The Labute approximate surface area is 97.5 Å². The summed E-state index contributed by atoms with van der Waals surface area (Å²) >= 11 is 0. The SMILES string of the molecule is Cc1ccc(C)c2c(CC(=O)O)cc(=O)oc12. The number of benzene rings is 1. The molecule has 4 nitrogen and oxygen atoms in total. The number of rotatable bonds is 2. The molecule has 2 rings (SSSR count). The minimum absolute atomic E-state index is 0.174. The van der Waals surface area contributed by atoms with Gasteiger partial charge in [0.05, 0.1) is 6.42 Å². The lowest BCUT2D eigenvalue weighted by molar-refractivity contribution is -0.136. The van der Waals surface area contributed by atoms with Crippen LogP contribution in [0.3, 0.4) is 0 Å². The van der Waals surface area contributed by atoms with Crippen LogP contribution in [0.2, 0.25) is 0 Å². The number of aliphatic carboxylic acids is 1. The van der Waals surface area contributed by atoms with Crippen LogP contribution in [0.5, 0.6) is 0 Å². The molecule has 0 spiro atoms. The van der Waals surface area contributed by atoms with E-state index in [1.165, 1.54) is 6.07 Å². The highest BCUT2D eigenvalue weighted by atomic mass is 16.4. The molecule has 0 aliphatic carbocycles. The number of carboxylic acid groups (broad SMARTS) is 1. The van der Waals surface area contributed by atoms with E-state index in [-0.39, 0.29) is 6.42 Å². The minimum atomic E-state index is -0.960. The molecular formula is C13H12O4. The van der Waals surface area contributed by atoms with Gasteiger partial charge in [0.15, 0.2) is 0 Å². The number of hydrogen-bond donors (Lipinski definition) is 1. The quantitative estimate of drug-likeness (QED) is 0.804. The van der Waals surface area contributed by atoms with Crippen molar-refractivity contribution >= 4 is 16.9 Å². The monoisotopic (exact) mass is 232 g/mol. The van der Waals surface area contributed by atoms with Crippen LogP contribution in [0.15, 0.2) is 27.4 Å². The number of aryl methyl sites for hydroxylation is 2. The number of fused-ring (bicyclic) bond motifs is 1. The van der Waals surface area contributed by atoms with E-state index in [4.69, 9.17) is 9.52 Å². The molecule has 2 aromatic rings. The van der Waals surface area contributed by atoms with Crippen molar-refractivity contribution in [3.05, 3.63) is 45.3 Å². The lowest BCUT2D eigenvalue weighted by atomic mass is 10.0. The molecule has 0 fully saturated rings. The third kappa shape index (κ3) is 2.06. The average molecular weight is 232 g/mol. The Morgan fingerprint density at radius 2 is 1.94 bits per heavy atom. The van der Waals surface area contributed by atoms with Crippen LogP contribution in [0.4, 0.5) is 0 Å². The topological polar surface area (TPSA) is 67.5 Å². The highest BCUT2D eigenvalue weighted by Crippen LogP contribution is 2.24. The van der Waals surface area contributed by atoms with Gasteiger partial charge in [-0.15, -0.1) is 0 Å². The molecule has 88 valence electrons. The van der Waals surface area contributed by atoms with Gasteiger partial charge in [-0.25, -0.2) is 4.79 Å². The number of carboxylic acids is 1. The van der Waals surface area contributed by atoms with Crippen molar-refractivity contribution in [1.82, 2.24) is 0 Å². The molecule has 0 amide bonds. The van der Waals surface area contributed by atoms with E-state index in [0.29, 0.717) is 11.1 Å². The predicted molar refractivity (Wildman–Crippen MR) is 63.3 cm³/mol. The van der Waals surface area contributed by atoms with Crippen molar-refractivity contribution in [3.8, 4) is 0 Å². The zero-order valence-electron chi connectivity index (χ0n) is 9.61. The molecule has 1 aromatic heterocycles. The molecule has 17 heavy (non-hydrogen) atoms. The second-order valence-corrected chi connectivity index (χ2v) is 4.06. The maximum absolute atomic E-state index is 11.4. The molecule has 0 saturated carbocycles. The standard InChI is InChI=1S/C13H12O4/c1-7-3-4-8(2)13-12(7)9(5-10(14)15)6-11(16)17-13/h3-4,6H,5H2,1-2H3,(H,14,15). The Morgan fingerprint density at radius 3 is 2.59 bits per heavy atom. The fraction of sp³-hybridized carbons (Fsp3) is 0.231. The van der Waals surface area contributed by atoms with Crippen LogP contribution >= 0.6 is 0 Å². The average Bonchev–Trinajstić information content (AvgIpc) is 2.22. The van der Waals surface area contributed by atoms with Gasteiger partial charge < -0.3 is 9.52 Å². The van der Waals surface area contributed by atoms with Crippen molar-refractivity contribution in [2.45, 2.75) is 20.3 Å². The minimum Gasteiger partial charge on any atom is -0.481 e. The maximum Gasteiger partial charge on any atom is 0.336 e. The fourth-order valence-corrected chi connectivity index (χ4v) is 1.96. The molecule has 1 heterocycles. The second-order valence-electron chi connectivity index (χ2n) is 4.06. The van der Waals surface area contributed by atoms with Crippen LogP contribution in [0, 0.1) is 13.8 Å². The molecule has 0 bridgehead atoms. The maximum atomic E-state index is 11.4. The van der Waals surface area contributed by atoms with E-state index < -0.39 is 11.6 Å². The normalized spacial score (nSPS) is 10.7. The van der Waals surface area contributed by atoms with Crippen molar-refractivity contribution in [3.63, 3.8) is 0 Å². The third-order valence-corrected chi connectivity index (χ3v) is 2.72. The molecule has 0 aliphatic rings. The van der Waals surface area contributed by atoms with Gasteiger partial charge in [-0.2, -0.15) is 0 Å². The zero-order chi connectivity index (χ0) is 12.6. The van der Waals surface area contributed by atoms with Gasteiger partial charge in [0.1, 0.15) is 5.58 Å². The first-order chi connectivity index (χ1) is 7.99. The molecule has 0 radical (unpaired) electrons. The summed E-state index contributed by atoms with van der Waals surface area (Å²) in [4.78, 5) is 22.2. The Hall–Kier alpha value is -2.10. The van der Waals surface area contributed by atoms with Crippen LogP contribution < -0.4 is 5.63 Å². The summed E-state index contributed by atoms with van der Waals surface area (Å²) in [6.07, 6.45) is -0.174. The first kappa shape index (κ1) is 11.4. The summed E-state index contributed by atoms with van der Waals surface area (Å²) in [7, 11) is 0. The van der Waals surface area contributed by atoms with Crippen molar-refractivity contribution in [2.24, 2.45) is 0 Å². The van der Waals surface area contributed by atoms with E-state index in [1.54, 1.807) is 0 Å². The van der Waals surface area contributed by atoms with Gasteiger partial charge >= 0.3 is 11.6 Å².